The third-order valence-corrected chi connectivity index (χ3v) is 3.07. The van der Waals surface area contributed by atoms with Gasteiger partial charge >= 0.3 is 11.9 Å². The van der Waals surface area contributed by atoms with Gasteiger partial charge in [-0.25, -0.2) is 9.59 Å². The topological polar surface area (TPSA) is 113 Å². The summed E-state index contributed by atoms with van der Waals surface area (Å²) in [7, 11) is 0. The zero-order chi connectivity index (χ0) is 17.7. The lowest BCUT2D eigenvalue weighted by Crippen LogP contribution is -2.20. The number of benzene rings is 2. The summed E-state index contributed by atoms with van der Waals surface area (Å²) >= 11 is 0. The monoisotopic (exact) mass is 329 g/mol. The van der Waals surface area contributed by atoms with Crippen LogP contribution in [0.1, 0.15) is 26.3 Å². The van der Waals surface area contributed by atoms with E-state index < -0.39 is 17.8 Å². The fourth-order valence-electron chi connectivity index (χ4n) is 2.00. The molecule has 2 rings (SSSR count). The van der Waals surface area contributed by atoms with Gasteiger partial charge in [0.1, 0.15) is 5.75 Å². The molecule has 0 aliphatic heterocycles. The van der Waals surface area contributed by atoms with Crippen molar-refractivity contribution in [2.45, 2.75) is 6.92 Å². The standard InChI is InChI=1S/C17H15NO6/c1-10-3-2-4-14(5-10)24-9-15(19)18-13-7-11(16(20)21)6-12(8-13)17(22)23/h2-8H,9H2,1H3,(H,18,19)(H,20,21)(H,22,23). The van der Waals surface area contributed by atoms with Crippen molar-refractivity contribution in [3.05, 3.63) is 59.2 Å². The minimum absolute atomic E-state index is 0.0742. The van der Waals surface area contributed by atoms with Crippen molar-refractivity contribution in [1.29, 1.82) is 0 Å². The van der Waals surface area contributed by atoms with Crippen LogP contribution in [0.25, 0.3) is 0 Å². The van der Waals surface area contributed by atoms with Crippen LogP contribution in [0.5, 0.6) is 5.75 Å². The van der Waals surface area contributed by atoms with E-state index in [0.29, 0.717) is 5.75 Å². The molecule has 0 radical (unpaired) electrons. The molecule has 3 N–H and O–H groups in total. The number of hydrogen-bond donors (Lipinski definition) is 3. The molecule has 0 aliphatic carbocycles. The molecule has 0 saturated carbocycles. The van der Waals surface area contributed by atoms with Crippen LogP contribution in [-0.4, -0.2) is 34.7 Å². The summed E-state index contributed by atoms with van der Waals surface area (Å²) in [5.41, 5.74) is 0.591. The highest BCUT2D eigenvalue weighted by molar-refractivity contribution is 5.98. The number of aryl methyl sites for hydroxylation is 1. The predicted octanol–water partition coefficient (Wildman–Crippen LogP) is 2.41. The third-order valence-electron chi connectivity index (χ3n) is 3.07. The predicted molar refractivity (Wildman–Crippen MR) is 85.7 cm³/mol. The molecule has 124 valence electrons. The molecule has 0 spiro atoms. The molecule has 2 aromatic carbocycles. The maximum absolute atomic E-state index is 11.9. The van der Waals surface area contributed by atoms with Crippen molar-refractivity contribution in [1.82, 2.24) is 0 Å². The Kier molecular flexibility index (Phi) is 5.16. The second kappa shape index (κ2) is 7.28. The van der Waals surface area contributed by atoms with Gasteiger partial charge in [-0.15, -0.1) is 0 Å². The van der Waals surface area contributed by atoms with E-state index in [4.69, 9.17) is 14.9 Å². The number of carboxylic acids is 2. The number of carboxylic acid groups (broad SMARTS) is 2. The molecular weight excluding hydrogens is 314 g/mol. The number of anilines is 1. The van der Waals surface area contributed by atoms with Gasteiger partial charge in [-0.3, -0.25) is 4.79 Å². The van der Waals surface area contributed by atoms with Gasteiger partial charge in [0, 0.05) is 5.69 Å². The highest BCUT2D eigenvalue weighted by Gasteiger charge is 2.13. The highest BCUT2D eigenvalue weighted by atomic mass is 16.5. The number of carbonyl (C=O) groups is 3. The molecular formula is C17H15NO6. The second-order valence-corrected chi connectivity index (χ2v) is 5.06. The first-order valence-electron chi connectivity index (χ1n) is 6.96. The van der Waals surface area contributed by atoms with E-state index in [1.54, 1.807) is 18.2 Å². The SMILES string of the molecule is Cc1cccc(OCC(=O)Nc2cc(C(=O)O)cc(C(=O)O)c2)c1. The third kappa shape index (κ3) is 4.57. The number of ether oxygens (including phenoxy) is 1. The van der Waals surface area contributed by atoms with E-state index in [9.17, 15) is 14.4 Å². The van der Waals surface area contributed by atoms with Gasteiger partial charge in [-0.2, -0.15) is 0 Å². The molecule has 0 aromatic heterocycles. The normalized spacial score (nSPS) is 10.0. The summed E-state index contributed by atoms with van der Waals surface area (Å²) in [6, 6.07) is 10.5. The van der Waals surface area contributed by atoms with E-state index >= 15 is 0 Å². The van der Waals surface area contributed by atoms with Crippen LogP contribution < -0.4 is 10.1 Å². The lowest BCUT2D eigenvalue weighted by Gasteiger charge is -2.09. The fraction of sp³-hybridized carbons (Fsp3) is 0.118. The maximum Gasteiger partial charge on any atom is 0.335 e. The number of rotatable bonds is 6. The van der Waals surface area contributed by atoms with Gasteiger partial charge < -0.3 is 20.3 Å². The zero-order valence-electron chi connectivity index (χ0n) is 12.8. The molecule has 7 nitrogen and oxygen atoms in total. The summed E-state index contributed by atoms with van der Waals surface area (Å²) in [6.45, 7) is 1.60. The largest absolute Gasteiger partial charge is 0.484 e. The van der Waals surface area contributed by atoms with Crippen LogP contribution in [0.3, 0.4) is 0 Å². The van der Waals surface area contributed by atoms with Crippen molar-refractivity contribution in [3.8, 4) is 5.75 Å². The minimum Gasteiger partial charge on any atom is -0.484 e. The summed E-state index contributed by atoms with van der Waals surface area (Å²) in [5, 5.41) is 20.4. The molecule has 7 heteroatoms. The van der Waals surface area contributed by atoms with Crippen LogP contribution in [0, 0.1) is 6.92 Å². The van der Waals surface area contributed by atoms with E-state index in [2.05, 4.69) is 5.32 Å². The molecule has 0 bridgehead atoms. The maximum atomic E-state index is 11.9. The lowest BCUT2D eigenvalue weighted by atomic mass is 10.1. The van der Waals surface area contributed by atoms with E-state index in [0.717, 1.165) is 11.6 Å². The average molecular weight is 329 g/mol. The van der Waals surface area contributed by atoms with Gasteiger partial charge in [0.2, 0.25) is 0 Å². The Bertz CT molecular complexity index is 767. The van der Waals surface area contributed by atoms with Crippen molar-refractivity contribution in [2.75, 3.05) is 11.9 Å². The number of carbonyl (C=O) groups excluding carboxylic acids is 1. The molecule has 24 heavy (non-hydrogen) atoms. The Balaban J connectivity index is 2.08. The number of amides is 1. The Morgan fingerprint density at radius 3 is 2.17 bits per heavy atom. The number of nitrogens with one attached hydrogen (secondary N) is 1. The van der Waals surface area contributed by atoms with Crippen molar-refractivity contribution >= 4 is 23.5 Å². The Morgan fingerprint density at radius 1 is 1.00 bits per heavy atom. The first kappa shape index (κ1) is 17.0. The van der Waals surface area contributed by atoms with Crippen LogP contribution in [0.15, 0.2) is 42.5 Å². The number of aromatic carboxylic acids is 2. The average Bonchev–Trinajstić information content (AvgIpc) is 2.52. The lowest BCUT2D eigenvalue weighted by molar-refractivity contribution is -0.118. The molecule has 0 saturated heterocycles. The Morgan fingerprint density at radius 2 is 1.62 bits per heavy atom. The highest BCUT2D eigenvalue weighted by Crippen LogP contribution is 2.16. The summed E-state index contributed by atoms with van der Waals surface area (Å²) in [5.74, 6) is -2.58. The summed E-state index contributed by atoms with van der Waals surface area (Å²) in [4.78, 5) is 34.0. The summed E-state index contributed by atoms with van der Waals surface area (Å²) < 4.78 is 5.33. The molecule has 0 heterocycles. The Labute approximate surface area is 137 Å². The van der Waals surface area contributed by atoms with Crippen molar-refractivity contribution < 1.29 is 29.3 Å². The molecule has 2 aromatic rings. The minimum atomic E-state index is -1.29. The molecule has 1 amide bonds. The second-order valence-electron chi connectivity index (χ2n) is 5.06. The van der Waals surface area contributed by atoms with Crippen molar-refractivity contribution in [3.63, 3.8) is 0 Å². The molecule has 0 unspecified atom stereocenters. The van der Waals surface area contributed by atoms with Gasteiger partial charge in [0.15, 0.2) is 6.61 Å². The molecule has 0 aliphatic rings. The smallest absolute Gasteiger partial charge is 0.335 e. The molecule has 0 atom stereocenters. The Hall–Kier alpha value is -3.35. The quantitative estimate of drug-likeness (QED) is 0.750. The van der Waals surface area contributed by atoms with E-state index in [1.807, 2.05) is 13.0 Å². The van der Waals surface area contributed by atoms with Crippen LogP contribution in [0.4, 0.5) is 5.69 Å². The molecule has 0 fully saturated rings. The van der Waals surface area contributed by atoms with Crippen LogP contribution in [-0.2, 0) is 4.79 Å². The summed E-state index contributed by atoms with van der Waals surface area (Å²) in [6.07, 6.45) is 0. The van der Waals surface area contributed by atoms with Gasteiger partial charge in [0.25, 0.3) is 5.91 Å². The van der Waals surface area contributed by atoms with E-state index in [1.165, 1.54) is 12.1 Å². The first-order chi connectivity index (χ1) is 11.3. The first-order valence-corrected chi connectivity index (χ1v) is 6.96. The van der Waals surface area contributed by atoms with Gasteiger partial charge in [-0.05, 0) is 42.8 Å². The van der Waals surface area contributed by atoms with Gasteiger partial charge in [0.05, 0.1) is 11.1 Å². The van der Waals surface area contributed by atoms with Gasteiger partial charge in [-0.1, -0.05) is 12.1 Å². The number of hydrogen-bond acceptors (Lipinski definition) is 4. The van der Waals surface area contributed by atoms with E-state index in [-0.39, 0.29) is 23.4 Å². The fourth-order valence-corrected chi connectivity index (χ4v) is 2.00. The van der Waals surface area contributed by atoms with Crippen LogP contribution >= 0.6 is 0 Å². The zero-order valence-corrected chi connectivity index (χ0v) is 12.8. The van der Waals surface area contributed by atoms with Crippen molar-refractivity contribution in [2.24, 2.45) is 0 Å². The van der Waals surface area contributed by atoms with Crippen LogP contribution in [0.2, 0.25) is 0 Å².